The summed E-state index contributed by atoms with van der Waals surface area (Å²) in [4.78, 5) is 11.9. The number of Topliss-reactive ketones (excluding diaryl/α,β-unsaturated/α-hetero) is 1. The van der Waals surface area contributed by atoms with Gasteiger partial charge in [0.15, 0.2) is 0 Å². The second-order valence-corrected chi connectivity index (χ2v) is 9.42. The van der Waals surface area contributed by atoms with E-state index in [1.54, 1.807) is 0 Å². The summed E-state index contributed by atoms with van der Waals surface area (Å²) in [6.45, 7) is 7.67. The molecule has 4 fully saturated rings. The first-order valence-electron chi connectivity index (χ1n) is 9.47. The van der Waals surface area contributed by atoms with E-state index in [4.69, 9.17) is 0 Å². The minimum absolute atomic E-state index is 0.490. The van der Waals surface area contributed by atoms with Crippen LogP contribution in [0.2, 0.25) is 0 Å². The van der Waals surface area contributed by atoms with Gasteiger partial charge in [0.2, 0.25) is 0 Å². The Morgan fingerprint density at radius 1 is 0.905 bits per heavy atom. The second-order valence-electron chi connectivity index (χ2n) is 9.42. The molecule has 0 radical (unpaired) electrons. The fraction of sp³-hybridized carbons (Fsp3) is 0.950. The van der Waals surface area contributed by atoms with Crippen molar-refractivity contribution < 1.29 is 4.79 Å². The number of hydrogen-bond acceptors (Lipinski definition) is 1. The largest absolute Gasteiger partial charge is 0.300 e. The number of carbonyl (C=O) groups excluding carboxylic acids is 1. The molecule has 0 aromatic heterocycles. The Bertz CT molecular complexity index is 455. The SMILES string of the molecule is C[C@H]1CC[C@H]2[C@@H]3CCC4CC(=O)CC[C@]4(C)[C@H]3CC[C@]12C. The van der Waals surface area contributed by atoms with Crippen molar-refractivity contribution in [2.75, 3.05) is 0 Å². The quantitative estimate of drug-likeness (QED) is 0.596. The van der Waals surface area contributed by atoms with Gasteiger partial charge in [-0.3, -0.25) is 4.79 Å². The Morgan fingerprint density at radius 2 is 1.67 bits per heavy atom. The summed E-state index contributed by atoms with van der Waals surface area (Å²) in [6.07, 6.45) is 11.6. The molecule has 1 nitrogen and oxygen atoms in total. The third-order valence-electron chi connectivity index (χ3n) is 8.96. The summed E-state index contributed by atoms with van der Waals surface area (Å²) >= 11 is 0. The van der Waals surface area contributed by atoms with E-state index in [9.17, 15) is 4.79 Å². The van der Waals surface area contributed by atoms with Crippen molar-refractivity contribution in [1.29, 1.82) is 0 Å². The molecule has 0 aromatic rings. The van der Waals surface area contributed by atoms with Crippen LogP contribution in [0.15, 0.2) is 0 Å². The van der Waals surface area contributed by atoms with Gasteiger partial charge in [0, 0.05) is 12.8 Å². The maximum Gasteiger partial charge on any atom is 0.133 e. The highest BCUT2D eigenvalue weighted by molar-refractivity contribution is 5.79. The average molecular weight is 288 g/mol. The minimum atomic E-state index is 0.490. The lowest BCUT2D eigenvalue weighted by molar-refractivity contribution is -0.139. The van der Waals surface area contributed by atoms with Crippen LogP contribution in [0.1, 0.15) is 78.6 Å². The third-order valence-corrected chi connectivity index (χ3v) is 8.96. The number of hydrogen-bond donors (Lipinski definition) is 0. The van der Waals surface area contributed by atoms with Crippen LogP contribution in [0.3, 0.4) is 0 Å². The summed E-state index contributed by atoms with van der Waals surface area (Å²) in [5.41, 5.74) is 1.12. The smallest absolute Gasteiger partial charge is 0.133 e. The molecule has 7 atom stereocenters. The van der Waals surface area contributed by atoms with Gasteiger partial charge in [-0.25, -0.2) is 0 Å². The van der Waals surface area contributed by atoms with Crippen LogP contribution in [0.25, 0.3) is 0 Å². The van der Waals surface area contributed by atoms with Crippen LogP contribution >= 0.6 is 0 Å². The van der Waals surface area contributed by atoms with Gasteiger partial charge in [-0.2, -0.15) is 0 Å². The molecule has 0 amide bonds. The van der Waals surface area contributed by atoms with E-state index in [0.29, 0.717) is 22.5 Å². The fourth-order valence-electron chi connectivity index (χ4n) is 7.31. The van der Waals surface area contributed by atoms with Crippen LogP contribution in [0.5, 0.6) is 0 Å². The number of carbonyl (C=O) groups is 1. The van der Waals surface area contributed by atoms with Crippen molar-refractivity contribution in [3.63, 3.8) is 0 Å². The van der Waals surface area contributed by atoms with Crippen molar-refractivity contribution in [1.82, 2.24) is 0 Å². The fourth-order valence-corrected chi connectivity index (χ4v) is 7.31. The highest BCUT2D eigenvalue weighted by Gasteiger charge is 2.59. The summed E-state index contributed by atoms with van der Waals surface area (Å²) < 4.78 is 0. The van der Waals surface area contributed by atoms with E-state index >= 15 is 0 Å². The normalized spacial score (nSPS) is 56.5. The highest BCUT2D eigenvalue weighted by atomic mass is 16.1. The second kappa shape index (κ2) is 4.59. The molecule has 0 heterocycles. The molecule has 0 aliphatic heterocycles. The van der Waals surface area contributed by atoms with Crippen LogP contribution in [0.4, 0.5) is 0 Å². The van der Waals surface area contributed by atoms with Crippen molar-refractivity contribution in [2.45, 2.75) is 78.6 Å². The zero-order chi connectivity index (χ0) is 14.8. The lowest BCUT2D eigenvalue weighted by Crippen LogP contribution is -2.53. The molecule has 1 heteroatoms. The third kappa shape index (κ3) is 1.85. The first kappa shape index (κ1) is 14.3. The van der Waals surface area contributed by atoms with E-state index in [-0.39, 0.29) is 0 Å². The van der Waals surface area contributed by atoms with Crippen molar-refractivity contribution >= 4 is 5.78 Å². The molecule has 0 bridgehead atoms. The van der Waals surface area contributed by atoms with Crippen molar-refractivity contribution in [3.05, 3.63) is 0 Å². The van der Waals surface area contributed by atoms with E-state index in [0.717, 1.165) is 36.5 Å². The van der Waals surface area contributed by atoms with Gasteiger partial charge < -0.3 is 0 Å². The Balaban J connectivity index is 1.64. The molecule has 0 saturated heterocycles. The van der Waals surface area contributed by atoms with Crippen LogP contribution in [0, 0.1) is 40.4 Å². The topological polar surface area (TPSA) is 17.1 Å². The highest BCUT2D eigenvalue weighted by Crippen LogP contribution is 2.67. The molecular formula is C20H32O. The van der Waals surface area contributed by atoms with Crippen LogP contribution < -0.4 is 0 Å². The molecule has 4 aliphatic carbocycles. The van der Waals surface area contributed by atoms with Crippen molar-refractivity contribution in [3.8, 4) is 0 Å². The van der Waals surface area contributed by atoms with Crippen LogP contribution in [-0.2, 0) is 4.79 Å². The predicted octanol–water partition coefficient (Wildman–Crippen LogP) is 5.23. The Labute approximate surface area is 130 Å². The van der Waals surface area contributed by atoms with Gasteiger partial charge in [-0.05, 0) is 85.4 Å². The summed E-state index contributed by atoms with van der Waals surface area (Å²) in [5.74, 6) is 5.08. The molecule has 21 heavy (non-hydrogen) atoms. The predicted molar refractivity (Wildman–Crippen MR) is 85.9 cm³/mol. The first-order valence-corrected chi connectivity index (χ1v) is 9.47. The molecule has 118 valence electrons. The van der Waals surface area contributed by atoms with Gasteiger partial charge in [0.05, 0.1) is 0 Å². The Kier molecular flexibility index (Phi) is 3.12. The van der Waals surface area contributed by atoms with E-state index in [1.165, 1.54) is 44.9 Å². The van der Waals surface area contributed by atoms with E-state index in [1.807, 2.05) is 0 Å². The zero-order valence-electron chi connectivity index (χ0n) is 14.2. The zero-order valence-corrected chi connectivity index (χ0v) is 14.2. The monoisotopic (exact) mass is 288 g/mol. The molecule has 0 aromatic carbocycles. The number of ketones is 1. The van der Waals surface area contributed by atoms with E-state index < -0.39 is 0 Å². The lowest BCUT2D eigenvalue weighted by atomic mass is 9.45. The number of fused-ring (bicyclic) bond motifs is 5. The molecule has 0 spiro atoms. The van der Waals surface area contributed by atoms with Crippen molar-refractivity contribution in [2.24, 2.45) is 40.4 Å². The van der Waals surface area contributed by atoms with Gasteiger partial charge >= 0.3 is 0 Å². The standard InChI is InChI=1S/C20H32O/c1-13-4-7-17-16-6-5-14-12-15(21)8-10-20(14,3)18(16)9-11-19(13,17)2/h13-14,16-18H,4-12H2,1-3H3/t13-,14?,16-,17-,18-,19+,20-/m0/s1. The first-order chi connectivity index (χ1) is 9.95. The van der Waals surface area contributed by atoms with Gasteiger partial charge in [0.25, 0.3) is 0 Å². The summed E-state index contributed by atoms with van der Waals surface area (Å²) in [6, 6.07) is 0. The average Bonchev–Trinajstić information content (AvgIpc) is 2.76. The number of rotatable bonds is 0. The minimum Gasteiger partial charge on any atom is -0.300 e. The van der Waals surface area contributed by atoms with Crippen LogP contribution in [-0.4, -0.2) is 5.78 Å². The van der Waals surface area contributed by atoms with Gasteiger partial charge in [0.1, 0.15) is 5.78 Å². The van der Waals surface area contributed by atoms with Gasteiger partial charge in [-0.15, -0.1) is 0 Å². The molecule has 4 saturated carbocycles. The molecule has 0 N–H and O–H groups in total. The lowest BCUT2D eigenvalue weighted by Gasteiger charge is -2.60. The maximum atomic E-state index is 11.9. The molecule has 4 aliphatic rings. The Hall–Kier alpha value is -0.330. The summed E-state index contributed by atoms with van der Waals surface area (Å²) in [5, 5.41) is 0. The summed E-state index contributed by atoms with van der Waals surface area (Å²) in [7, 11) is 0. The molecular weight excluding hydrogens is 256 g/mol. The molecule has 4 rings (SSSR count). The van der Waals surface area contributed by atoms with E-state index in [2.05, 4.69) is 20.8 Å². The molecule has 1 unspecified atom stereocenters. The van der Waals surface area contributed by atoms with Gasteiger partial charge in [-0.1, -0.05) is 20.8 Å². The maximum absolute atomic E-state index is 11.9. The Morgan fingerprint density at radius 3 is 2.48 bits per heavy atom.